The van der Waals surface area contributed by atoms with Crippen molar-refractivity contribution in [2.45, 2.75) is 19.0 Å². The summed E-state index contributed by atoms with van der Waals surface area (Å²) >= 11 is 0. The van der Waals surface area contributed by atoms with Crippen LogP contribution in [-0.4, -0.2) is 19.8 Å². The van der Waals surface area contributed by atoms with Gasteiger partial charge in [0.05, 0.1) is 11.4 Å². The van der Waals surface area contributed by atoms with Gasteiger partial charge in [-0.25, -0.2) is 19.3 Å². The molecule has 0 aliphatic carbocycles. The van der Waals surface area contributed by atoms with Gasteiger partial charge in [-0.2, -0.15) is 0 Å². The molecule has 0 spiro atoms. The van der Waals surface area contributed by atoms with Crippen LogP contribution < -0.4 is 10.9 Å². The van der Waals surface area contributed by atoms with Crippen molar-refractivity contribution < 1.29 is 8.42 Å². The van der Waals surface area contributed by atoms with Crippen LogP contribution in [0, 0.1) is 0 Å². The second-order valence-corrected chi connectivity index (χ2v) is 5.47. The van der Waals surface area contributed by atoms with Gasteiger partial charge in [0.1, 0.15) is 0 Å². The molecule has 1 saturated heterocycles. The van der Waals surface area contributed by atoms with Crippen molar-refractivity contribution in [1.82, 2.24) is 10.9 Å². The Morgan fingerprint density at radius 2 is 2.00 bits per heavy atom. The smallest absolute Gasteiger partial charge is 0.232 e. The second kappa shape index (κ2) is 2.34. The van der Waals surface area contributed by atoms with Crippen LogP contribution in [0.25, 0.3) is 0 Å². The first-order valence-electron chi connectivity index (χ1n) is 2.88. The van der Waals surface area contributed by atoms with Gasteiger partial charge in [0.15, 0.2) is 0 Å². The Morgan fingerprint density at radius 1 is 1.50 bits per heavy atom. The Bertz CT molecular complexity index is 221. The fourth-order valence-electron chi connectivity index (χ4n) is 0.558. The Balaban J connectivity index is 2.30. The maximum atomic E-state index is 10.4. The number of hydrogen-bond acceptors (Lipinski definition) is 4. The van der Waals surface area contributed by atoms with E-state index in [1.807, 2.05) is 6.92 Å². The molecule has 0 aromatic carbocycles. The fourth-order valence-corrected chi connectivity index (χ4v) is 1.44. The Labute approximate surface area is 64.3 Å². The standard InChI is InChI=1S/C4H9ClN2O2S/c1-4(6-7-4)2-3-10(5,8)9/h6-7H,2-3H2,1H3. The van der Waals surface area contributed by atoms with Crippen molar-refractivity contribution in [3.63, 3.8) is 0 Å². The van der Waals surface area contributed by atoms with Gasteiger partial charge in [-0.1, -0.05) is 0 Å². The number of hydrogen-bond donors (Lipinski definition) is 2. The largest absolute Gasteiger partial charge is 0.235 e. The van der Waals surface area contributed by atoms with E-state index in [1.165, 1.54) is 0 Å². The van der Waals surface area contributed by atoms with E-state index in [4.69, 9.17) is 10.7 Å². The lowest BCUT2D eigenvalue weighted by molar-refractivity contribution is 0.590. The molecule has 0 bridgehead atoms. The van der Waals surface area contributed by atoms with Gasteiger partial charge in [-0.05, 0) is 13.3 Å². The minimum Gasteiger partial charge on any atom is -0.235 e. The molecule has 1 heterocycles. The van der Waals surface area contributed by atoms with Crippen LogP contribution in [0.2, 0.25) is 0 Å². The van der Waals surface area contributed by atoms with Gasteiger partial charge in [-0.3, -0.25) is 0 Å². The molecular weight excluding hydrogens is 176 g/mol. The predicted molar refractivity (Wildman–Crippen MR) is 38.9 cm³/mol. The van der Waals surface area contributed by atoms with Crippen molar-refractivity contribution in [2.75, 3.05) is 5.75 Å². The van der Waals surface area contributed by atoms with Gasteiger partial charge in [0.25, 0.3) is 0 Å². The summed E-state index contributed by atoms with van der Waals surface area (Å²) in [6, 6.07) is 0. The summed E-state index contributed by atoms with van der Waals surface area (Å²) in [5.41, 5.74) is 5.41. The minimum atomic E-state index is -3.33. The summed E-state index contributed by atoms with van der Waals surface area (Å²) in [4.78, 5) is 0. The first kappa shape index (κ1) is 8.26. The van der Waals surface area contributed by atoms with Crippen molar-refractivity contribution in [3.05, 3.63) is 0 Å². The van der Waals surface area contributed by atoms with Crippen LogP contribution in [0.4, 0.5) is 0 Å². The molecule has 1 aliphatic heterocycles. The maximum Gasteiger partial charge on any atom is 0.232 e. The lowest BCUT2D eigenvalue weighted by atomic mass is 10.2. The van der Waals surface area contributed by atoms with E-state index in [2.05, 4.69) is 10.9 Å². The molecule has 0 aromatic rings. The number of nitrogens with one attached hydrogen (secondary N) is 2. The monoisotopic (exact) mass is 184 g/mol. The highest BCUT2D eigenvalue weighted by atomic mass is 35.7. The molecule has 0 radical (unpaired) electrons. The molecule has 0 saturated carbocycles. The molecule has 1 rings (SSSR count). The number of rotatable bonds is 3. The van der Waals surface area contributed by atoms with E-state index in [1.54, 1.807) is 0 Å². The number of hydrazine groups is 1. The molecule has 60 valence electrons. The highest BCUT2D eigenvalue weighted by Gasteiger charge is 2.36. The third-order valence-corrected chi connectivity index (χ3v) is 2.55. The van der Waals surface area contributed by atoms with Crippen molar-refractivity contribution in [2.24, 2.45) is 0 Å². The summed E-state index contributed by atoms with van der Waals surface area (Å²) in [5.74, 6) is 0.00502. The van der Waals surface area contributed by atoms with Gasteiger partial charge < -0.3 is 0 Å². The van der Waals surface area contributed by atoms with E-state index in [0.717, 1.165) is 0 Å². The molecule has 4 nitrogen and oxygen atoms in total. The summed E-state index contributed by atoms with van der Waals surface area (Å²) in [5, 5.41) is 0. The van der Waals surface area contributed by atoms with Crippen molar-refractivity contribution in [3.8, 4) is 0 Å². The molecule has 0 amide bonds. The molecular formula is C4H9ClN2O2S. The summed E-state index contributed by atoms with van der Waals surface area (Å²) in [6.07, 6.45) is 0.499. The summed E-state index contributed by atoms with van der Waals surface area (Å²) in [6.45, 7) is 1.87. The average molecular weight is 185 g/mol. The first-order valence-corrected chi connectivity index (χ1v) is 5.36. The highest BCUT2D eigenvalue weighted by Crippen LogP contribution is 2.15. The van der Waals surface area contributed by atoms with Gasteiger partial charge in [-0.15, -0.1) is 0 Å². The molecule has 0 unspecified atom stereocenters. The van der Waals surface area contributed by atoms with Crippen LogP contribution >= 0.6 is 10.7 Å². The highest BCUT2D eigenvalue weighted by molar-refractivity contribution is 8.13. The van der Waals surface area contributed by atoms with Gasteiger partial charge in [0.2, 0.25) is 9.05 Å². The summed E-state index contributed by atoms with van der Waals surface area (Å²) < 4.78 is 20.8. The van der Waals surface area contributed by atoms with Gasteiger partial charge >= 0.3 is 0 Å². The quantitative estimate of drug-likeness (QED) is 0.469. The van der Waals surface area contributed by atoms with E-state index >= 15 is 0 Å². The molecule has 1 aliphatic rings. The SMILES string of the molecule is CC1(CCS(=O)(=O)Cl)NN1. The fraction of sp³-hybridized carbons (Fsp3) is 1.00. The first-order chi connectivity index (χ1) is 4.41. The van der Waals surface area contributed by atoms with Crippen LogP contribution in [0.15, 0.2) is 0 Å². The van der Waals surface area contributed by atoms with Crippen molar-refractivity contribution >= 4 is 19.7 Å². The van der Waals surface area contributed by atoms with Crippen LogP contribution in [0.3, 0.4) is 0 Å². The van der Waals surface area contributed by atoms with E-state index < -0.39 is 9.05 Å². The van der Waals surface area contributed by atoms with Crippen LogP contribution in [0.1, 0.15) is 13.3 Å². The van der Waals surface area contributed by atoms with Crippen LogP contribution in [-0.2, 0) is 9.05 Å². The molecule has 10 heavy (non-hydrogen) atoms. The third kappa shape index (κ3) is 2.83. The molecule has 6 heteroatoms. The Morgan fingerprint density at radius 3 is 2.30 bits per heavy atom. The lowest BCUT2D eigenvalue weighted by Crippen LogP contribution is -2.15. The zero-order valence-electron chi connectivity index (χ0n) is 5.52. The molecule has 1 fully saturated rings. The lowest BCUT2D eigenvalue weighted by Gasteiger charge is -2.00. The minimum absolute atomic E-state index is 0.00502. The topological polar surface area (TPSA) is 78.0 Å². The Hall–Kier alpha value is 0.160. The van der Waals surface area contributed by atoms with Crippen LogP contribution in [0.5, 0.6) is 0 Å². The normalized spacial score (nSPS) is 22.6. The van der Waals surface area contributed by atoms with Gasteiger partial charge in [0, 0.05) is 10.7 Å². The predicted octanol–water partition coefficient (Wildman–Crippen LogP) is -0.231. The Kier molecular flexibility index (Phi) is 1.93. The molecule has 0 aromatic heterocycles. The summed E-state index contributed by atoms with van der Waals surface area (Å²) in [7, 11) is 1.66. The van der Waals surface area contributed by atoms with E-state index in [-0.39, 0.29) is 11.4 Å². The zero-order chi connectivity index (χ0) is 7.83. The third-order valence-electron chi connectivity index (χ3n) is 1.40. The molecule has 2 N–H and O–H groups in total. The zero-order valence-corrected chi connectivity index (χ0v) is 7.09. The average Bonchev–Trinajstić information content (AvgIpc) is 2.43. The molecule has 0 atom stereocenters. The van der Waals surface area contributed by atoms with E-state index in [0.29, 0.717) is 6.42 Å². The van der Waals surface area contributed by atoms with E-state index in [9.17, 15) is 8.42 Å². The van der Waals surface area contributed by atoms with Crippen molar-refractivity contribution in [1.29, 1.82) is 0 Å². The maximum absolute atomic E-state index is 10.4. The second-order valence-electron chi connectivity index (χ2n) is 2.58. The number of halogens is 1.